The summed E-state index contributed by atoms with van der Waals surface area (Å²) in [6, 6.07) is 0. The summed E-state index contributed by atoms with van der Waals surface area (Å²) in [6.07, 6.45) is 0.228. The van der Waals surface area contributed by atoms with Crippen molar-refractivity contribution in [2.75, 3.05) is 0 Å². The fourth-order valence-electron chi connectivity index (χ4n) is 0.170. The van der Waals surface area contributed by atoms with Gasteiger partial charge < -0.3 is 0 Å². The van der Waals surface area contributed by atoms with E-state index in [1.165, 1.54) is 0 Å². The number of rotatable bonds is 0. The molecule has 0 bridgehead atoms. The Kier molecular flexibility index (Phi) is 5.19. The van der Waals surface area contributed by atoms with Crippen molar-refractivity contribution in [2.45, 2.75) is 0 Å². The van der Waals surface area contributed by atoms with Crippen LogP contribution in [0, 0.1) is 0 Å². The summed E-state index contributed by atoms with van der Waals surface area (Å²) in [4.78, 5) is 0. The highest BCUT2D eigenvalue weighted by Gasteiger charge is 1.40. The van der Waals surface area contributed by atoms with E-state index in [1.54, 1.807) is 0 Å². The molecule has 0 fully saturated rings. The van der Waals surface area contributed by atoms with Gasteiger partial charge in [-0.25, -0.2) is 4.39 Å². The van der Waals surface area contributed by atoms with Crippen LogP contribution in [0.5, 0.6) is 0 Å². The second-order valence-electron chi connectivity index (χ2n) is 0.930. The van der Waals surface area contributed by atoms with Crippen molar-refractivity contribution in [3.63, 3.8) is 0 Å². The third kappa shape index (κ3) is 6.35. The molecule has 0 aliphatic carbocycles. The van der Waals surface area contributed by atoms with Crippen LogP contribution in [-0.2, 0) is 0 Å². The maximum atomic E-state index is 11.1. The Morgan fingerprint density at radius 3 is 2.33 bits per heavy atom. The molecule has 1 heteroatoms. The van der Waals surface area contributed by atoms with Crippen molar-refractivity contribution < 1.29 is 4.39 Å². The summed E-state index contributed by atoms with van der Waals surface area (Å²) in [5.41, 5.74) is 13.5. The van der Waals surface area contributed by atoms with E-state index in [-0.39, 0.29) is 6.33 Å². The zero-order valence-electron chi connectivity index (χ0n) is 4.66. The predicted octanol–water partition coefficient (Wildman–Crippen LogP) is 2.03. The zero-order valence-corrected chi connectivity index (χ0v) is 4.66. The van der Waals surface area contributed by atoms with Crippen LogP contribution < -0.4 is 0 Å². The summed E-state index contributed by atoms with van der Waals surface area (Å²) >= 11 is 0. The molecule has 0 radical (unpaired) electrons. The van der Waals surface area contributed by atoms with Gasteiger partial charge in [-0.05, 0) is 35.2 Å². The molecule has 0 saturated carbocycles. The topological polar surface area (TPSA) is 0 Å². The number of halogens is 1. The molecule has 0 aromatic rings. The molecule has 0 atom stereocenters. The van der Waals surface area contributed by atoms with Crippen molar-refractivity contribution in [2.24, 2.45) is 0 Å². The first-order valence-electron chi connectivity index (χ1n) is 2.11. The molecule has 0 N–H and O–H groups in total. The van der Waals surface area contributed by atoms with Crippen molar-refractivity contribution in [3.8, 4) is 0 Å². The first kappa shape index (κ1) is 7.35. The largest absolute Gasteiger partial charge is 0.206 e. The van der Waals surface area contributed by atoms with Gasteiger partial charge in [0.25, 0.3) is 0 Å². The van der Waals surface area contributed by atoms with Crippen LogP contribution in [0.25, 0.3) is 0 Å². The Morgan fingerprint density at radius 1 is 1.11 bits per heavy atom. The highest BCUT2D eigenvalue weighted by molar-refractivity contribution is 4.86. The number of hydrogen-bond donors (Lipinski definition) is 0. The van der Waals surface area contributed by atoms with Crippen LogP contribution in [0.4, 0.5) is 4.39 Å². The summed E-state index contributed by atoms with van der Waals surface area (Å²) in [6.45, 7) is 3.21. The minimum atomic E-state index is 0.228. The monoisotopic (exact) mass is 118 g/mol. The van der Waals surface area contributed by atoms with Crippen LogP contribution >= 0.6 is 0 Å². The maximum absolute atomic E-state index is 11.1. The molecule has 0 heterocycles. The quantitative estimate of drug-likeness (QED) is 0.427. The molecular formula is C8H3F. The Bertz CT molecular complexity index is 287. The first-order chi connectivity index (χ1) is 4.41. The Morgan fingerprint density at radius 2 is 1.78 bits per heavy atom. The van der Waals surface area contributed by atoms with Crippen LogP contribution in [0.15, 0.2) is 47.3 Å². The minimum Gasteiger partial charge on any atom is -0.206 e. The molecule has 0 aromatic heterocycles. The lowest BCUT2D eigenvalue weighted by Gasteiger charge is -1.40. The van der Waals surface area contributed by atoms with Crippen molar-refractivity contribution in [3.05, 3.63) is 47.3 Å². The molecule has 0 aliphatic heterocycles. The van der Waals surface area contributed by atoms with Gasteiger partial charge in [-0.2, -0.15) is 0 Å². The molecule has 0 unspecified atom stereocenters. The van der Waals surface area contributed by atoms with Gasteiger partial charge in [0.1, 0.15) is 6.33 Å². The van der Waals surface area contributed by atoms with Gasteiger partial charge in [0, 0.05) is 0 Å². The lowest BCUT2D eigenvalue weighted by Crippen LogP contribution is -1.22. The Balaban J connectivity index is 4.94. The summed E-state index contributed by atoms with van der Waals surface area (Å²) in [5.74, 6) is 0. The molecule has 0 rings (SSSR count). The predicted molar refractivity (Wildman–Crippen MR) is 32.4 cm³/mol. The standard InChI is InChI=1S/C8H3F/c1-2-3-4-5-6-7-8-9/h8H,1H2. The molecule has 42 valence electrons. The van der Waals surface area contributed by atoms with Crippen molar-refractivity contribution in [1.82, 2.24) is 0 Å². The highest BCUT2D eigenvalue weighted by Crippen LogP contribution is 1.59. The molecule has 0 nitrogen and oxygen atoms in total. The molecule has 0 saturated heterocycles. The molecule has 0 aromatic carbocycles. The SMILES string of the molecule is C=C=C=C=C=C=C=CF. The summed E-state index contributed by atoms with van der Waals surface area (Å²) in [5, 5.41) is 0. The average molecular weight is 118 g/mol. The van der Waals surface area contributed by atoms with E-state index < -0.39 is 0 Å². The zero-order chi connectivity index (χ0) is 6.95. The third-order valence-corrected chi connectivity index (χ3v) is 0.403. The van der Waals surface area contributed by atoms with Gasteiger partial charge in [-0.3, -0.25) is 0 Å². The maximum Gasteiger partial charge on any atom is 0.137 e. The van der Waals surface area contributed by atoms with Gasteiger partial charge in [0.2, 0.25) is 0 Å². The van der Waals surface area contributed by atoms with E-state index in [2.05, 4.69) is 35.2 Å². The van der Waals surface area contributed by atoms with Crippen LogP contribution in [0.1, 0.15) is 0 Å². The summed E-state index contributed by atoms with van der Waals surface area (Å²) < 4.78 is 11.1. The summed E-state index contributed by atoms with van der Waals surface area (Å²) in [7, 11) is 0. The Hall–Kier alpha value is -1.65. The van der Waals surface area contributed by atoms with Crippen LogP contribution in [0.3, 0.4) is 0 Å². The van der Waals surface area contributed by atoms with Gasteiger partial charge in [-0.1, -0.05) is 5.73 Å². The Labute approximate surface area is 52.6 Å². The van der Waals surface area contributed by atoms with Crippen LogP contribution in [-0.4, -0.2) is 0 Å². The lowest BCUT2D eigenvalue weighted by atomic mass is 10.7. The van der Waals surface area contributed by atoms with E-state index in [0.29, 0.717) is 0 Å². The average Bonchev–Trinajstić information content (AvgIpc) is 1.89. The molecule has 9 heavy (non-hydrogen) atoms. The van der Waals surface area contributed by atoms with Gasteiger partial charge >= 0.3 is 0 Å². The lowest BCUT2D eigenvalue weighted by molar-refractivity contribution is 0.723. The second kappa shape index (κ2) is 6.35. The first-order valence-corrected chi connectivity index (χ1v) is 2.11. The molecular weight excluding hydrogens is 115 g/mol. The van der Waals surface area contributed by atoms with E-state index >= 15 is 0 Å². The van der Waals surface area contributed by atoms with E-state index in [0.717, 1.165) is 0 Å². The highest BCUT2D eigenvalue weighted by atomic mass is 19.1. The normalized spacial score (nSPS) is 4.11. The fourth-order valence-corrected chi connectivity index (χ4v) is 0.170. The molecule has 0 amide bonds. The van der Waals surface area contributed by atoms with Crippen molar-refractivity contribution >= 4 is 0 Å². The van der Waals surface area contributed by atoms with Gasteiger partial charge in [0.05, 0.1) is 0 Å². The van der Waals surface area contributed by atoms with Gasteiger partial charge in [0.15, 0.2) is 0 Å². The van der Waals surface area contributed by atoms with E-state index in [1.807, 2.05) is 5.73 Å². The van der Waals surface area contributed by atoms with Crippen LogP contribution in [0.2, 0.25) is 0 Å². The fraction of sp³-hybridized carbons (Fsp3) is 0. The minimum absolute atomic E-state index is 0.228. The molecule has 0 spiro atoms. The second-order valence-corrected chi connectivity index (χ2v) is 0.930. The van der Waals surface area contributed by atoms with Crippen molar-refractivity contribution in [1.29, 1.82) is 0 Å². The molecule has 0 aliphatic rings. The van der Waals surface area contributed by atoms with E-state index in [9.17, 15) is 4.39 Å². The van der Waals surface area contributed by atoms with E-state index in [4.69, 9.17) is 0 Å². The smallest absolute Gasteiger partial charge is 0.137 e. The third-order valence-electron chi connectivity index (χ3n) is 0.403. The van der Waals surface area contributed by atoms with Gasteiger partial charge in [-0.15, -0.1) is 0 Å². The number of hydrogen-bond acceptors (Lipinski definition) is 0.